The third-order valence-electron chi connectivity index (χ3n) is 7.54. The van der Waals surface area contributed by atoms with Crippen LogP contribution >= 0.6 is 0 Å². The van der Waals surface area contributed by atoms with Crippen LogP contribution in [-0.4, -0.2) is 61.8 Å². The predicted octanol–water partition coefficient (Wildman–Crippen LogP) is 4.35. The fraction of sp³-hybridized carbons (Fsp3) is 0.692. The molecule has 4 nitrogen and oxygen atoms in total. The molecule has 30 heavy (non-hydrogen) atoms. The Morgan fingerprint density at radius 3 is 2.53 bits per heavy atom. The molecule has 1 aromatic carbocycles. The van der Waals surface area contributed by atoms with Crippen molar-refractivity contribution in [1.29, 1.82) is 0 Å². The quantitative estimate of drug-likeness (QED) is 0.423. The highest BCUT2D eigenvalue weighted by molar-refractivity contribution is 5.29. The van der Waals surface area contributed by atoms with Crippen LogP contribution in [0.25, 0.3) is 0 Å². The molecule has 0 radical (unpaired) electrons. The fourth-order valence-corrected chi connectivity index (χ4v) is 5.76. The second-order valence-electron chi connectivity index (χ2n) is 9.85. The van der Waals surface area contributed by atoms with Crippen molar-refractivity contribution in [3.8, 4) is 5.75 Å². The summed E-state index contributed by atoms with van der Waals surface area (Å²) in [5.41, 5.74) is 1.38. The lowest BCUT2D eigenvalue weighted by atomic mass is 10.1. The summed E-state index contributed by atoms with van der Waals surface area (Å²) >= 11 is 0. The molecule has 0 bridgehead atoms. The van der Waals surface area contributed by atoms with Gasteiger partial charge < -0.3 is 14.4 Å². The number of hydrogen-bond acceptors (Lipinski definition) is 4. The van der Waals surface area contributed by atoms with Crippen molar-refractivity contribution < 1.29 is 9.47 Å². The van der Waals surface area contributed by atoms with E-state index in [0.29, 0.717) is 6.10 Å². The van der Waals surface area contributed by atoms with Gasteiger partial charge in [-0.05, 0) is 67.8 Å². The number of ether oxygens (including phenoxy) is 2. The van der Waals surface area contributed by atoms with Gasteiger partial charge in [-0.1, -0.05) is 30.7 Å². The van der Waals surface area contributed by atoms with Crippen LogP contribution < -0.4 is 4.74 Å². The van der Waals surface area contributed by atoms with E-state index in [4.69, 9.17) is 9.47 Å². The molecule has 2 heterocycles. The van der Waals surface area contributed by atoms with E-state index in [-0.39, 0.29) is 0 Å². The summed E-state index contributed by atoms with van der Waals surface area (Å²) in [7, 11) is 0. The Balaban J connectivity index is 0.970. The smallest absolute Gasteiger partial charge is 0.120 e. The first-order valence-electron chi connectivity index (χ1n) is 12.3. The largest absolute Gasteiger partial charge is 0.490 e. The lowest BCUT2D eigenvalue weighted by molar-refractivity contribution is 0.0967. The molecule has 2 saturated heterocycles. The fourth-order valence-electron chi connectivity index (χ4n) is 5.76. The van der Waals surface area contributed by atoms with E-state index in [0.717, 1.165) is 56.1 Å². The lowest BCUT2D eigenvalue weighted by Gasteiger charge is -2.26. The first-order chi connectivity index (χ1) is 14.8. The summed E-state index contributed by atoms with van der Waals surface area (Å²) in [5, 5.41) is 0. The highest BCUT2D eigenvalue weighted by atomic mass is 16.5. The molecule has 2 aliphatic carbocycles. The number of rotatable bonds is 10. The molecule has 0 N–H and O–H groups in total. The van der Waals surface area contributed by atoms with E-state index in [1.807, 2.05) is 0 Å². The summed E-state index contributed by atoms with van der Waals surface area (Å²) in [6.07, 6.45) is 12.3. The van der Waals surface area contributed by atoms with Crippen LogP contribution in [0.3, 0.4) is 0 Å². The Morgan fingerprint density at radius 1 is 0.933 bits per heavy atom. The van der Waals surface area contributed by atoms with Crippen molar-refractivity contribution in [2.75, 3.05) is 45.9 Å². The average molecular weight is 411 g/mol. The molecule has 2 unspecified atom stereocenters. The van der Waals surface area contributed by atoms with Crippen molar-refractivity contribution in [2.24, 2.45) is 17.8 Å². The van der Waals surface area contributed by atoms with E-state index in [1.54, 1.807) is 0 Å². The standard InChI is InChI=1S/C26H38N2O2/c1-4-12-27(13-5-1)14-7-15-29-20-26-24-18-28(19-25(24)26)17-21-8-6-11-23(16-21)30-22-9-2-3-10-22/h2-3,6,8,11,16,22,24-26H,1,4-5,7,9-10,12-15,17-20H2. The highest BCUT2D eigenvalue weighted by Crippen LogP contribution is 2.52. The lowest BCUT2D eigenvalue weighted by Crippen LogP contribution is -2.31. The molecule has 1 saturated carbocycles. The normalized spacial score (nSPS) is 29.4. The van der Waals surface area contributed by atoms with Crippen LogP contribution in [0.4, 0.5) is 0 Å². The first kappa shape index (κ1) is 20.5. The average Bonchev–Trinajstić information content (AvgIpc) is 3.13. The van der Waals surface area contributed by atoms with Gasteiger partial charge in [0, 0.05) is 45.6 Å². The minimum absolute atomic E-state index is 0.334. The van der Waals surface area contributed by atoms with Gasteiger partial charge in [0.05, 0.1) is 6.61 Å². The van der Waals surface area contributed by atoms with Gasteiger partial charge in [-0.3, -0.25) is 4.90 Å². The van der Waals surface area contributed by atoms with E-state index in [9.17, 15) is 0 Å². The van der Waals surface area contributed by atoms with Crippen LogP contribution in [-0.2, 0) is 11.3 Å². The summed E-state index contributed by atoms with van der Waals surface area (Å²) in [6, 6.07) is 8.73. The SMILES string of the molecule is C1=CCC(Oc2cccc(CN3CC4C(COCCCN5CCCCC5)C4C3)c2)C1. The number of nitrogens with zero attached hydrogens (tertiary/aromatic N) is 2. The number of hydrogen-bond donors (Lipinski definition) is 0. The van der Waals surface area contributed by atoms with Gasteiger partial charge in [0.15, 0.2) is 0 Å². The number of piperidine rings is 2. The maximum atomic E-state index is 6.13. The molecule has 4 heteroatoms. The topological polar surface area (TPSA) is 24.9 Å². The van der Waals surface area contributed by atoms with Gasteiger partial charge >= 0.3 is 0 Å². The van der Waals surface area contributed by atoms with Crippen molar-refractivity contribution in [1.82, 2.24) is 9.80 Å². The van der Waals surface area contributed by atoms with E-state index >= 15 is 0 Å². The molecule has 2 aliphatic heterocycles. The van der Waals surface area contributed by atoms with Crippen LogP contribution in [0.2, 0.25) is 0 Å². The van der Waals surface area contributed by atoms with Gasteiger partial charge in [0.1, 0.15) is 11.9 Å². The Morgan fingerprint density at radius 2 is 1.73 bits per heavy atom. The minimum Gasteiger partial charge on any atom is -0.490 e. The third-order valence-corrected chi connectivity index (χ3v) is 7.54. The van der Waals surface area contributed by atoms with Crippen LogP contribution in [0, 0.1) is 17.8 Å². The highest BCUT2D eigenvalue weighted by Gasteiger charge is 2.55. The maximum Gasteiger partial charge on any atom is 0.120 e. The molecule has 0 amide bonds. The summed E-state index contributed by atoms with van der Waals surface area (Å²) in [6.45, 7) is 9.29. The molecule has 4 aliphatic rings. The van der Waals surface area contributed by atoms with Crippen LogP contribution in [0.15, 0.2) is 36.4 Å². The molecule has 164 valence electrons. The molecule has 0 spiro atoms. The molecule has 2 atom stereocenters. The Hall–Kier alpha value is -1.36. The Kier molecular flexibility index (Phi) is 6.74. The van der Waals surface area contributed by atoms with Crippen LogP contribution in [0.1, 0.15) is 44.1 Å². The summed E-state index contributed by atoms with van der Waals surface area (Å²) in [5.74, 6) is 3.59. The van der Waals surface area contributed by atoms with E-state index < -0.39 is 0 Å². The summed E-state index contributed by atoms with van der Waals surface area (Å²) in [4.78, 5) is 5.24. The summed E-state index contributed by atoms with van der Waals surface area (Å²) < 4.78 is 12.2. The zero-order valence-corrected chi connectivity index (χ0v) is 18.4. The van der Waals surface area contributed by atoms with Gasteiger partial charge in [0.25, 0.3) is 0 Å². The van der Waals surface area contributed by atoms with Gasteiger partial charge in [-0.15, -0.1) is 0 Å². The van der Waals surface area contributed by atoms with Crippen molar-refractivity contribution in [3.05, 3.63) is 42.0 Å². The molecule has 0 aromatic heterocycles. The Labute approximate surface area is 182 Å². The number of likely N-dealkylation sites (tertiary alicyclic amines) is 2. The van der Waals surface area contributed by atoms with E-state index in [2.05, 4.69) is 46.2 Å². The van der Waals surface area contributed by atoms with E-state index in [1.165, 1.54) is 64.0 Å². The molecule has 3 fully saturated rings. The van der Waals surface area contributed by atoms with Crippen molar-refractivity contribution in [3.63, 3.8) is 0 Å². The minimum atomic E-state index is 0.334. The zero-order valence-electron chi connectivity index (χ0n) is 18.4. The first-order valence-corrected chi connectivity index (χ1v) is 12.3. The van der Waals surface area contributed by atoms with Crippen molar-refractivity contribution >= 4 is 0 Å². The molecule has 5 rings (SSSR count). The molecular formula is C26H38N2O2. The van der Waals surface area contributed by atoms with Gasteiger partial charge in [0.2, 0.25) is 0 Å². The Bertz CT molecular complexity index is 695. The second kappa shape index (κ2) is 9.84. The monoisotopic (exact) mass is 410 g/mol. The predicted molar refractivity (Wildman–Crippen MR) is 121 cm³/mol. The number of benzene rings is 1. The molecular weight excluding hydrogens is 372 g/mol. The maximum absolute atomic E-state index is 6.13. The van der Waals surface area contributed by atoms with Gasteiger partial charge in [-0.25, -0.2) is 0 Å². The second-order valence-corrected chi connectivity index (χ2v) is 9.85. The molecule has 1 aromatic rings. The van der Waals surface area contributed by atoms with Gasteiger partial charge in [-0.2, -0.15) is 0 Å². The number of fused-ring (bicyclic) bond motifs is 1. The third kappa shape index (κ3) is 5.27. The van der Waals surface area contributed by atoms with Crippen LogP contribution in [0.5, 0.6) is 5.75 Å². The zero-order chi connectivity index (χ0) is 20.2. The van der Waals surface area contributed by atoms with Crippen molar-refractivity contribution in [2.45, 2.75) is 51.2 Å².